The van der Waals surface area contributed by atoms with Crippen molar-refractivity contribution in [1.82, 2.24) is 19.1 Å². The number of pyridine rings is 1. The Balaban J connectivity index is 1.38. The van der Waals surface area contributed by atoms with Crippen LogP contribution in [0, 0.1) is 0 Å². The van der Waals surface area contributed by atoms with Crippen molar-refractivity contribution in [1.29, 1.82) is 0 Å². The van der Waals surface area contributed by atoms with Crippen LogP contribution in [-0.2, 0) is 23.0 Å². The molecule has 0 spiro atoms. The molecule has 0 unspecified atom stereocenters. The van der Waals surface area contributed by atoms with Crippen LogP contribution < -0.4 is 4.74 Å². The summed E-state index contributed by atoms with van der Waals surface area (Å²) in [4.78, 5) is 4.41. The van der Waals surface area contributed by atoms with Crippen LogP contribution in [-0.4, -0.2) is 46.7 Å². The van der Waals surface area contributed by atoms with Crippen LogP contribution in [0.25, 0.3) is 11.3 Å². The van der Waals surface area contributed by atoms with Crippen LogP contribution in [0.1, 0.15) is 31.2 Å². The van der Waals surface area contributed by atoms with Gasteiger partial charge in [0.15, 0.2) is 0 Å². The van der Waals surface area contributed by atoms with E-state index in [0.29, 0.717) is 24.6 Å². The molecule has 2 aromatic heterocycles. The minimum absolute atomic E-state index is 0.0461. The molecule has 1 aliphatic carbocycles. The van der Waals surface area contributed by atoms with E-state index in [1.807, 2.05) is 29.1 Å². The predicted molar refractivity (Wildman–Crippen MR) is 117 cm³/mol. The molecule has 3 heterocycles. The Bertz CT molecular complexity index is 1150. The maximum atomic E-state index is 13.6. The Morgan fingerprint density at radius 1 is 1.10 bits per heavy atom. The van der Waals surface area contributed by atoms with Gasteiger partial charge in [0.2, 0.25) is 10.0 Å². The average Bonchev–Trinajstić information content (AvgIpc) is 3.55. The van der Waals surface area contributed by atoms with E-state index >= 15 is 0 Å². The summed E-state index contributed by atoms with van der Waals surface area (Å²) in [5, 5.41) is 4.63. The first-order valence-corrected chi connectivity index (χ1v) is 12.3. The molecule has 0 N–H and O–H groups in total. The molecule has 31 heavy (non-hydrogen) atoms. The Morgan fingerprint density at radius 2 is 1.90 bits per heavy atom. The van der Waals surface area contributed by atoms with Gasteiger partial charge in [0, 0.05) is 43.2 Å². The molecule has 2 aliphatic rings. The molecule has 0 saturated heterocycles. The summed E-state index contributed by atoms with van der Waals surface area (Å²) < 4.78 is 36.3. The molecular formula is C23H26N4O3S. The highest BCUT2D eigenvalue weighted by molar-refractivity contribution is 7.89. The maximum absolute atomic E-state index is 13.6. The molecule has 5 rings (SSSR count). The van der Waals surface area contributed by atoms with Crippen molar-refractivity contribution in [3.8, 4) is 17.0 Å². The number of fused-ring (bicyclic) bond motifs is 1. The molecule has 1 fully saturated rings. The van der Waals surface area contributed by atoms with Gasteiger partial charge in [0.05, 0.1) is 23.7 Å². The number of sulfonamides is 1. The Hall–Kier alpha value is -2.71. The highest BCUT2D eigenvalue weighted by Gasteiger charge is 2.33. The van der Waals surface area contributed by atoms with Gasteiger partial charge in [-0.1, -0.05) is 12.8 Å². The molecular weight excluding hydrogens is 412 g/mol. The van der Waals surface area contributed by atoms with Crippen molar-refractivity contribution in [2.45, 2.75) is 49.6 Å². The van der Waals surface area contributed by atoms with E-state index in [9.17, 15) is 8.42 Å². The zero-order chi connectivity index (χ0) is 21.3. The monoisotopic (exact) mass is 438 g/mol. The summed E-state index contributed by atoms with van der Waals surface area (Å²) in [5.74, 6) is 0.798. The third-order valence-electron chi connectivity index (χ3n) is 6.17. The summed E-state index contributed by atoms with van der Waals surface area (Å²) in [7, 11) is -3.59. The van der Waals surface area contributed by atoms with Crippen molar-refractivity contribution in [3.05, 3.63) is 60.6 Å². The van der Waals surface area contributed by atoms with Crippen LogP contribution in [0.4, 0.5) is 0 Å². The van der Waals surface area contributed by atoms with Crippen LogP contribution in [0.5, 0.6) is 5.75 Å². The lowest BCUT2D eigenvalue weighted by Gasteiger charge is -2.28. The Kier molecular flexibility index (Phi) is 5.50. The molecule has 3 aromatic rings. The van der Waals surface area contributed by atoms with Gasteiger partial charge in [-0.05, 0) is 54.8 Å². The van der Waals surface area contributed by atoms with E-state index in [1.54, 1.807) is 34.9 Å². The van der Waals surface area contributed by atoms with Crippen molar-refractivity contribution < 1.29 is 13.2 Å². The first-order chi connectivity index (χ1) is 15.1. The van der Waals surface area contributed by atoms with Crippen molar-refractivity contribution in [3.63, 3.8) is 0 Å². The minimum atomic E-state index is -3.59. The van der Waals surface area contributed by atoms with E-state index in [-0.39, 0.29) is 6.04 Å². The second-order valence-corrected chi connectivity index (χ2v) is 10.0. The van der Waals surface area contributed by atoms with Crippen molar-refractivity contribution >= 4 is 10.0 Å². The smallest absolute Gasteiger partial charge is 0.243 e. The molecule has 0 bridgehead atoms. The standard InChI is InChI=1S/C23H26N4O3S/c28-31(29,21-5-6-23-19(17-21)10-16-30-23)27(20-3-1-2-4-20)15-14-26-13-9-22(25-26)18-7-11-24-12-8-18/h5-9,11-13,17,20H,1-4,10,14-16H2. The maximum Gasteiger partial charge on any atom is 0.243 e. The zero-order valence-corrected chi connectivity index (χ0v) is 18.2. The molecule has 7 nitrogen and oxygen atoms in total. The van der Waals surface area contributed by atoms with E-state index < -0.39 is 10.0 Å². The van der Waals surface area contributed by atoms with E-state index in [4.69, 9.17) is 4.74 Å². The summed E-state index contributed by atoms with van der Waals surface area (Å²) in [6.45, 7) is 1.52. The van der Waals surface area contributed by atoms with Gasteiger partial charge in [-0.2, -0.15) is 9.40 Å². The summed E-state index contributed by atoms with van der Waals surface area (Å²) >= 11 is 0. The molecule has 0 radical (unpaired) electrons. The molecule has 1 saturated carbocycles. The van der Waals surface area contributed by atoms with Gasteiger partial charge in [0.1, 0.15) is 5.75 Å². The molecule has 8 heteroatoms. The van der Waals surface area contributed by atoms with Crippen molar-refractivity contribution in [2.24, 2.45) is 0 Å². The lowest BCUT2D eigenvalue weighted by Crippen LogP contribution is -2.41. The molecule has 162 valence electrons. The van der Waals surface area contributed by atoms with Gasteiger partial charge in [0.25, 0.3) is 0 Å². The Labute approximate surface area is 182 Å². The van der Waals surface area contributed by atoms with Crippen LogP contribution in [0.15, 0.2) is 59.9 Å². The molecule has 0 atom stereocenters. The van der Waals surface area contributed by atoms with Gasteiger partial charge >= 0.3 is 0 Å². The third kappa shape index (κ3) is 4.09. The highest BCUT2D eigenvalue weighted by Crippen LogP contribution is 2.32. The van der Waals surface area contributed by atoms with E-state index in [1.165, 1.54) is 0 Å². The molecule has 1 aromatic carbocycles. The lowest BCUT2D eigenvalue weighted by atomic mass is 10.2. The fraction of sp³-hybridized carbons (Fsp3) is 0.391. The normalized spacial score (nSPS) is 16.5. The quantitative estimate of drug-likeness (QED) is 0.564. The van der Waals surface area contributed by atoms with Gasteiger partial charge < -0.3 is 4.74 Å². The number of hydrogen-bond donors (Lipinski definition) is 0. The summed E-state index contributed by atoms with van der Waals surface area (Å²) in [6.07, 6.45) is 10.1. The summed E-state index contributed by atoms with van der Waals surface area (Å²) in [5.41, 5.74) is 2.83. The lowest BCUT2D eigenvalue weighted by molar-refractivity contribution is 0.306. The fourth-order valence-electron chi connectivity index (χ4n) is 4.51. The largest absolute Gasteiger partial charge is 0.493 e. The number of ether oxygens (including phenoxy) is 1. The van der Waals surface area contributed by atoms with Crippen LogP contribution in [0.2, 0.25) is 0 Å². The molecule has 1 aliphatic heterocycles. The summed E-state index contributed by atoms with van der Waals surface area (Å²) in [6, 6.07) is 11.1. The highest BCUT2D eigenvalue weighted by atomic mass is 32.2. The average molecular weight is 439 g/mol. The van der Waals surface area contributed by atoms with Gasteiger partial charge in [-0.3, -0.25) is 9.67 Å². The first-order valence-electron chi connectivity index (χ1n) is 10.8. The van der Waals surface area contributed by atoms with Crippen LogP contribution in [0.3, 0.4) is 0 Å². The Morgan fingerprint density at radius 3 is 2.71 bits per heavy atom. The fourth-order valence-corrected chi connectivity index (χ4v) is 6.24. The molecule has 0 amide bonds. The number of aromatic nitrogens is 3. The minimum Gasteiger partial charge on any atom is -0.493 e. The van der Waals surface area contributed by atoms with Gasteiger partial charge in [-0.15, -0.1) is 0 Å². The SMILES string of the molecule is O=S(=O)(c1ccc2c(c1)CCO2)N(CCn1ccc(-c2ccncc2)n1)C1CCCC1. The predicted octanol–water partition coefficient (Wildman–Crippen LogP) is 3.51. The third-order valence-corrected chi connectivity index (χ3v) is 8.11. The van der Waals surface area contributed by atoms with E-state index in [0.717, 1.165) is 54.7 Å². The zero-order valence-electron chi connectivity index (χ0n) is 17.4. The number of hydrogen-bond acceptors (Lipinski definition) is 5. The van der Waals surface area contributed by atoms with Gasteiger partial charge in [-0.25, -0.2) is 8.42 Å². The second kappa shape index (κ2) is 8.43. The first kappa shape index (κ1) is 20.2. The number of nitrogens with zero attached hydrogens (tertiary/aromatic N) is 4. The number of benzene rings is 1. The van der Waals surface area contributed by atoms with Crippen molar-refractivity contribution in [2.75, 3.05) is 13.2 Å². The second-order valence-electron chi connectivity index (χ2n) is 8.12. The number of rotatable bonds is 7. The topological polar surface area (TPSA) is 77.3 Å². The van der Waals surface area contributed by atoms with E-state index in [2.05, 4.69) is 10.1 Å². The van der Waals surface area contributed by atoms with Crippen LogP contribution >= 0.6 is 0 Å².